The molecule has 6 nitrogen and oxygen atoms in total. The highest BCUT2D eigenvalue weighted by atomic mass is 16.5. The monoisotopic (exact) mass is 319 g/mol. The smallest absolute Gasteiger partial charge is 0.339 e. The molecule has 1 N–H and O–H groups in total. The molecule has 1 fully saturated rings. The Hall–Kier alpha value is -2.11. The molecule has 1 aromatic rings. The number of piperidine rings is 1. The van der Waals surface area contributed by atoms with Crippen LogP contribution in [-0.4, -0.2) is 42.6 Å². The maximum atomic E-state index is 11.8. The number of carbonyl (C=O) groups excluding carboxylic acids is 2. The van der Waals surface area contributed by atoms with Gasteiger partial charge >= 0.3 is 5.97 Å². The van der Waals surface area contributed by atoms with Gasteiger partial charge in [-0.3, -0.25) is 4.79 Å². The minimum Gasteiger partial charge on any atom is -0.462 e. The van der Waals surface area contributed by atoms with Crippen molar-refractivity contribution in [3.8, 4) is 0 Å². The normalized spacial score (nSPS) is 17.9. The Bertz CT molecular complexity index is 543. The minimum absolute atomic E-state index is 0.00707. The first-order chi connectivity index (χ1) is 11.0. The Morgan fingerprint density at radius 1 is 1.43 bits per heavy atom. The van der Waals surface area contributed by atoms with Gasteiger partial charge in [-0.05, 0) is 31.9 Å². The highest BCUT2D eigenvalue weighted by Crippen LogP contribution is 2.18. The quantitative estimate of drug-likeness (QED) is 0.841. The van der Waals surface area contributed by atoms with Gasteiger partial charge in [-0.15, -0.1) is 0 Å². The average molecular weight is 319 g/mol. The Balaban J connectivity index is 1.98. The predicted molar refractivity (Wildman–Crippen MR) is 88.4 cm³/mol. The summed E-state index contributed by atoms with van der Waals surface area (Å²) in [6.45, 7) is 7.56. The van der Waals surface area contributed by atoms with E-state index in [-0.39, 0.29) is 23.8 Å². The van der Waals surface area contributed by atoms with Crippen LogP contribution in [0.15, 0.2) is 18.3 Å². The highest BCUT2D eigenvalue weighted by molar-refractivity contribution is 5.89. The first-order valence-corrected chi connectivity index (χ1v) is 8.19. The molecule has 126 valence electrons. The van der Waals surface area contributed by atoms with Gasteiger partial charge in [-0.25, -0.2) is 9.78 Å². The second-order valence-corrected chi connectivity index (χ2v) is 6.07. The lowest BCUT2D eigenvalue weighted by Gasteiger charge is -2.34. The van der Waals surface area contributed by atoms with Crippen LogP contribution in [0, 0.1) is 5.92 Å². The van der Waals surface area contributed by atoms with Gasteiger partial charge in [0.05, 0.1) is 12.2 Å². The number of esters is 1. The Morgan fingerprint density at radius 2 is 2.22 bits per heavy atom. The molecule has 1 aliphatic rings. The maximum absolute atomic E-state index is 11.8. The van der Waals surface area contributed by atoms with Crippen molar-refractivity contribution in [2.45, 2.75) is 39.7 Å². The van der Waals surface area contributed by atoms with Gasteiger partial charge in [0, 0.05) is 31.2 Å². The molecular formula is C17H25N3O3. The zero-order valence-corrected chi connectivity index (χ0v) is 14.0. The summed E-state index contributed by atoms with van der Waals surface area (Å²) in [5.41, 5.74) is 0.456. The molecule has 1 atom stereocenters. The van der Waals surface area contributed by atoms with Crippen molar-refractivity contribution >= 4 is 17.7 Å². The van der Waals surface area contributed by atoms with E-state index in [1.165, 1.54) is 0 Å². The van der Waals surface area contributed by atoms with Crippen LogP contribution in [0.5, 0.6) is 0 Å². The molecule has 0 bridgehead atoms. The Kier molecular flexibility index (Phi) is 5.96. The molecule has 1 unspecified atom stereocenters. The van der Waals surface area contributed by atoms with E-state index >= 15 is 0 Å². The summed E-state index contributed by atoms with van der Waals surface area (Å²) >= 11 is 0. The fourth-order valence-electron chi connectivity index (χ4n) is 2.58. The molecular weight excluding hydrogens is 294 g/mol. The van der Waals surface area contributed by atoms with Crippen LogP contribution in [0.3, 0.4) is 0 Å². The average Bonchev–Trinajstić information content (AvgIpc) is 2.55. The Labute approximate surface area is 137 Å². The van der Waals surface area contributed by atoms with Gasteiger partial charge in [0.25, 0.3) is 0 Å². The van der Waals surface area contributed by atoms with Gasteiger partial charge in [0.15, 0.2) is 0 Å². The topological polar surface area (TPSA) is 71.5 Å². The van der Waals surface area contributed by atoms with E-state index in [1.807, 2.05) is 19.9 Å². The molecule has 0 spiro atoms. The molecule has 1 amide bonds. The molecule has 0 saturated carbocycles. The number of pyridine rings is 1. The lowest BCUT2D eigenvalue weighted by atomic mass is 10.0. The molecule has 6 heteroatoms. The van der Waals surface area contributed by atoms with E-state index in [0.717, 1.165) is 31.7 Å². The van der Waals surface area contributed by atoms with Crippen molar-refractivity contribution < 1.29 is 14.3 Å². The van der Waals surface area contributed by atoms with Crippen molar-refractivity contribution in [2.75, 3.05) is 24.6 Å². The van der Waals surface area contributed by atoms with Crippen LogP contribution in [0.1, 0.15) is 44.0 Å². The first-order valence-electron chi connectivity index (χ1n) is 8.19. The maximum Gasteiger partial charge on any atom is 0.339 e. The number of hydrogen-bond donors (Lipinski definition) is 1. The lowest BCUT2D eigenvalue weighted by molar-refractivity contribution is -0.124. The number of nitrogens with zero attached hydrogens (tertiary/aromatic N) is 2. The molecule has 1 aromatic heterocycles. The molecule has 0 radical (unpaired) electrons. The first kappa shape index (κ1) is 17.2. The van der Waals surface area contributed by atoms with Gasteiger partial charge in [0.1, 0.15) is 5.82 Å². The zero-order valence-electron chi connectivity index (χ0n) is 14.0. The van der Waals surface area contributed by atoms with Gasteiger partial charge in [-0.2, -0.15) is 0 Å². The molecule has 1 aliphatic heterocycles. The number of hydrogen-bond acceptors (Lipinski definition) is 5. The summed E-state index contributed by atoms with van der Waals surface area (Å²) in [4.78, 5) is 30.0. The third-order valence-electron chi connectivity index (χ3n) is 3.88. The van der Waals surface area contributed by atoms with Crippen LogP contribution in [0.2, 0.25) is 0 Å². The van der Waals surface area contributed by atoms with Gasteiger partial charge in [0.2, 0.25) is 5.91 Å². The van der Waals surface area contributed by atoms with Crippen LogP contribution in [0.25, 0.3) is 0 Å². The van der Waals surface area contributed by atoms with Crippen molar-refractivity contribution in [3.05, 3.63) is 23.9 Å². The Morgan fingerprint density at radius 3 is 2.83 bits per heavy atom. The van der Waals surface area contributed by atoms with Crippen LogP contribution < -0.4 is 10.2 Å². The number of nitrogens with one attached hydrogen (secondary N) is 1. The summed E-state index contributed by atoms with van der Waals surface area (Å²) in [6.07, 6.45) is 3.53. The van der Waals surface area contributed by atoms with Crippen LogP contribution in [-0.2, 0) is 9.53 Å². The van der Waals surface area contributed by atoms with E-state index < -0.39 is 0 Å². The van der Waals surface area contributed by atoms with Crippen molar-refractivity contribution in [1.82, 2.24) is 10.3 Å². The van der Waals surface area contributed by atoms with Crippen LogP contribution in [0.4, 0.5) is 5.82 Å². The largest absolute Gasteiger partial charge is 0.462 e. The summed E-state index contributed by atoms with van der Waals surface area (Å²) in [5, 5.41) is 3.08. The van der Waals surface area contributed by atoms with Crippen molar-refractivity contribution in [1.29, 1.82) is 0 Å². The minimum atomic E-state index is -0.354. The summed E-state index contributed by atoms with van der Waals surface area (Å²) in [5.74, 6) is 0.545. The number of aromatic nitrogens is 1. The van der Waals surface area contributed by atoms with Crippen molar-refractivity contribution in [2.24, 2.45) is 5.92 Å². The molecule has 0 aromatic carbocycles. The number of anilines is 1. The summed E-state index contributed by atoms with van der Waals surface area (Å²) in [7, 11) is 0. The fraction of sp³-hybridized carbons (Fsp3) is 0.588. The van der Waals surface area contributed by atoms with Gasteiger partial charge in [-0.1, -0.05) is 13.8 Å². The van der Waals surface area contributed by atoms with E-state index in [9.17, 15) is 9.59 Å². The standard InChI is InChI=1S/C17H25N3O3/c1-4-23-17(22)13-7-8-15(18-10-13)20-9-5-6-14(11-20)19-16(21)12(2)3/h7-8,10,12,14H,4-6,9,11H2,1-3H3,(H,19,21). The predicted octanol–water partition coefficient (Wildman–Crippen LogP) is 2.00. The van der Waals surface area contributed by atoms with E-state index in [1.54, 1.807) is 19.2 Å². The molecule has 23 heavy (non-hydrogen) atoms. The second kappa shape index (κ2) is 7.94. The van der Waals surface area contributed by atoms with Crippen LogP contribution >= 0.6 is 0 Å². The lowest BCUT2D eigenvalue weighted by Crippen LogP contribution is -2.49. The van der Waals surface area contributed by atoms with Crippen molar-refractivity contribution in [3.63, 3.8) is 0 Å². The van der Waals surface area contributed by atoms with E-state index in [2.05, 4.69) is 15.2 Å². The van der Waals surface area contributed by atoms with Gasteiger partial charge < -0.3 is 15.0 Å². The zero-order chi connectivity index (χ0) is 16.8. The fourth-order valence-corrected chi connectivity index (χ4v) is 2.58. The summed E-state index contributed by atoms with van der Waals surface area (Å²) in [6, 6.07) is 3.71. The van der Waals surface area contributed by atoms with E-state index in [4.69, 9.17) is 4.74 Å². The number of rotatable bonds is 5. The molecule has 0 aliphatic carbocycles. The number of ether oxygens (including phenoxy) is 1. The SMILES string of the molecule is CCOC(=O)c1ccc(N2CCCC(NC(=O)C(C)C)C2)nc1. The summed E-state index contributed by atoms with van der Waals surface area (Å²) < 4.78 is 4.96. The molecule has 2 rings (SSSR count). The third kappa shape index (κ3) is 4.68. The highest BCUT2D eigenvalue weighted by Gasteiger charge is 2.23. The third-order valence-corrected chi connectivity index (χ3v) is 3.88. The molecule has 2 heterocycles. The number of carbonyl (C=O) groups is 2. The second-order valence-electron chi connectivity index (χ2n) is 6.07. The van der Waals surface area contributed by atoms with E-state index in [0.29, 0.717) is 12.2 Å². The number of amides is 1. The molecule has 1 saturated heterocycles.